The Labute approximate surface area is 183 Å². The molecule has 2 aromatic rings. The Kier molecular flexibility index (Phi) is 7.22. The molecule has 172 valence electrons. The number of carbonyl (C=O) groups is 2. The molecule has 32 heavy (non-hydrogen) atoms. The van der Waals surface area contributed by atoms with Crippen LogP contribution in [0.5, 0.6) is 11.6 Å². The van der Waals surface area contributed by atoms with Crippen molar-refractivity contribution in [3.8, 4) is 11.6 Å². The summed E-state index contributed by atoms with van der Waals surface area (Å²) in [5, 5.41) is 12.3. The van der Waals surface area contributed by atoms with E-state index >= 15 is 0 Å². The molecule has 1 aromatic heterocycles. The van der Waals surface area contributed by atoms with Crippen molar-refractivity contribution in [1.82, 2.24) is 15.2 Å². The summed E-state index contributed by atoms with van der Waals surface area (Å²) in [7, 11) is 0. The van der Waals surface area contributed by atoms with Gasteiger partial charge in [-0.1, -0.05) is 13.8 Å². The molecule has 0 radical (unpaired) electrons. The van der Waals surface area contributed by atoms with Crippen LogP contribution in [0.2, 0.25) is 0 Å². The zero-order valence-electron chi connectivity index (χ0n) is 17.6. The third-order valence-corrected chi connectivity index (χ3v) is 5.27. The normalized spacial score (nSPS) is 15.5. The number of phenols is 1. The van der Waals surface area contributed by atoms with Crippen molar-refractivity contribution < 1.29 is 32.6 Å². The maximum Gasteiger partial charge on any atom is 0.255 e. The van der Waals surface area contributed by atoms with Gasteiger partial charge in [0.15, 0.2) is 11.6 Å². The van der Waals surface area contributed by atoms with E-state index in [-0.39, 0.29) is 17.9 Å². The number of halogens is 3. The van der Waals surface area contributed by atoms with E-state index in [9.17, 15) is 27.9 Å². The number of piperidine rings is 1. The second-order valence-electron chi connectivity index (χ2n) is 7.91. The van der Waals surface area contributed by atoms with Gasteiger partial charge in [-0.3, -0.25) is 9.59 Å². The minimum Gasteiger partial charge on any atom is -0.504 e. The number of aromatic nitrogens is 1. The average molecular weight is 451 g/mol. The molecule has 7 nitrogen and oxygen atoms in total. The molecule has 1 fully saturated rings. The minimum absolute atomic E-state index is 0.191. The molecule has 2 heterocycles. The fourth-order valence-corrected chi connectivity index (χ4v) is 3.45. The third-order valence-electron chi connectivity index (χ3n) is 5.27. The number of hydrogen-bond donors (Lipinski definition) is 2. The van der Waals surface area contributed by atoms with E-state index < -0.39 is 40.7 Å². The molecule has 1 saturated heterocycles. The number of amides is 2. The monoisotopic (exact) mass is 451 g/mol. The molecule has 1 aromatic carbocycles. The molecule has 0 saturated carbocycles. The third kappa shape index (κ3) is 5.30. The number of pyridine rings is 1. The molecular formula is C22H24F3N3O4. The lowest BCUT2D eigenvalue weighted by Gasteiger charge is -2.35. The molecule has 2 amide bonds. The zero-order chi connectivity index (χ0) is 23.4. The fourth-order valence-electron chi connectivity index (χ4n) is 3.45. The number of carbonyl (C=O) groups excluding carboxylic acids is 2. The summed E-state index contributed by atoms with van der Waals surface area (Å²) in [6.45, 7) is 4.23. The quantitative estimate of drug-likeness (QED) is 0.705. The van der Waals surface area contributed by atoms with Crippen LogP contribution >= 0.6 is 0 Å². The Morgan fingerprint density at radius 1 is 1.16 bits per heavy atom. The van der Waals surface area contributed by atoms with Crippen LogP contribution in [0, 0.1) is 23.4 Å². The van der Waals surface area contributed by atoms with Crippen LogP contribution in [-0.2, 0) is 4.79 Å². The van der Waals surface area contributed by atoms with Crippen LogP contribution in [0.25, 0.3) is 0 Å². The van der Waals surface area contributed by atoms with Gasteiger partial charge >= 0.3 is 0 Å². The summed E-state index contributed by atoms with van der Waals surface area (Å²) in [6.07, 6.45) is 1.92. The molecule has 2 N–H and O–H groups in total. The lowest BCUT2D eigenvalue weighted by Crippen LogP contribution is -2.53. The maximum absolute atomic E-state index is 13.6. The minimum atomic E-state index is -1.53. The Morgan fingerprint density at radius 3 is 2.44 bits per heavy atom. The van der Waals surface area contributed by atoms with Crippen molar-refractivity contribution in [2.45, 2.75) is 38.8 Å². The SMILES string of the molecule is CC(C)[C@H](NC(=O)c1ccc(F)c(F)c1O)C(=O)N1CCC(Oc2ccc(F)cn2)CC1. The lowest BCUT2D eigenvalue weighted by molar-refractivity contribution is -0.136. The van der Waals surface area contributed by atoms with Gasteiger partial charge in [0, 0.05) is 32.0 Å². The molecule has 0 spiro atoms. The van der Waals surface area contributed by atoms with E-state index in [0.717, 1.165) is 18.3 Å². The van der Waals surface area contributed by atoms with E-state index in [0.29, 0.717) is 31.8 Å². The van der Waals surface area contributed by atoms with Gasteiger partial charge < -0.3 is 20.1 Å². The Balaban J connectivity index is 1.61. The topological polar surface area (TPSA) is 91.8 Å². The molecule has 0 bridgehead atoms. The van der Waals surface area contributed by atoms with E-state index in [4.69, 9.17) is 4.74 Å². The van der Waals surface area contributed by atoms with Gasteiger partial charge in [-0.05, 0) is 24.1 Å². The van der Waals surface area contributed by atoms with Crippen molar-refractivity contribution in [3.63, 3.8) is 0 Å². The molecule has 0 aliphatic carbocycles. The van der Waals surface area contributed by atoms with Crippen LogP contribution in [0.1, 0.15) is 37.0 Å². The number of likely N-dealkylation sites (tertiary alicyclic amines) is 1. The molecule has 1 aliphatic heterocycles. The Hall–Kier alpha value is -3.30. The number of nitrogens with zero attached hydrogens (tertiary/aromatic N) is 2. The predicted octanol–water partition coefficient (Wildman–Crippen LogP) is 3.03. The number of benzene rings is 1. The first-order valence-corrected chi connectivity index (χ1v) is 10.2. The molecule has 3 rings (SSSR count). The smallest absolute Gasteiger partial charge is 0.255 e. The maximum atomic E-state index is 13.6. The fraction of sp³-hybridized carbons (Fsp3) is 0.409. The van der Waals surface area contributed by atoms with Crippen molar-refractivity contribution in [1.29, 1.82) is 0 Å². The highest BCUT2D eigenvalue weighted by molar-refractivity contribution is 5.99. The highest BCUT2D eigenvalue weighted by Gasteiger charge is 2.32. The van der Waals surface area contributed by atoms with Crippen LogP contribution in [0.15, 0.2) is 30.5 Å². The van der Waals surface area contributed by atoms with E-state index in [1.165, 1.54) is 12.1 Å². The largest absolute Gasteiger partial charge is 0.504 e. The number of hydrogen-bond acceptors (Lipinski definition) is 5. The summed E-state index contributed by atoms with van der Waals surface area (Å²) in [6, 6.07) is 3.45. The second kappa shape index (κ2) is 9.88. The van der Waals surface area contributed by atoms with Crippen LogP contribution in [-0.4, -0.2) is 52.0 Å². The average Bonchev–Trinajstić information content (AvgIpc) is 2.77. The van der Waals surface area contributed by atoms with Crippen molar-refractivity contribution in [2.75, 3.05) is 13.1 Å². The first-order valence-electron chi connectivity index (χ1n) is 10.2. The summed E-state index contributed by atoms with van der Waals surface area (Å²) in [5.74, 6) is -5.57. The van der Waals surface area contributed by atoms with Crippen molar-refractivity contribution in [3.05, 3.63) is 53.5 Å². The first-order chi connectivity index (χ1) is 15.2. The number of nitrogens with one attached hydrogen (secondary N) is 1. The van der Waals surface area contributed by atoms with Crippen LogP contribution in [0.3, 0.4) is 0 Å². The number of rotatable bonds is 6. The first kappa shape index (κ1) is 23.4. The summed E-state index contributed by atoms with van der Waals surface area (Å²) in [4.78, 5) is 31.0. The highest BCUT2D eigenvalue weighted by atomic mass is 19.2. The van der Waals surface area contributed by atoms with Gasteiger partial charge in [-0.2, -0.15) is 4.39 Å². The van der Waals surface area contributed by atoms with Crippen LogP contribution in [0.4, 0.5) is 13.2 Å². The molecular weight excluding hydrogens is 427 g/mol. The summed E-state index contributed by atoms with van der Waals surface area (Å²) >= 11 is 0. The van der Waals surface area contributed by atoms with Gasteiger partial charge in [0.25, 0.3) is 5.91 Å². The lowest BCUT2D eigenvalue weighted by atomic mass is 9.99. The zero-order valence-corrected chi connectivity index (χ0v) is 17.6. The summed E-state index contributed by atoms with van der Waals surface area (Å²) in [5.41, 5.74) is -0.457. The van der Waals surface area contributed by atoms with Crippen molar-refractivity contribution in [2.24, 2.45) is 5.92 Å². The molecule has 10 heteroatoms. The van der Waals surface area contributed by atoms with E-state index in [1.807, 2.05) is 0 Å². The second-order valence-corrected chi connectivity index (χ2v) is 7.91. The Bertz CT molecular complexity index is 977. The molecule has 1 aliphatic rings. The predicted molar refractivity (Wildman–Crippen MR) is 109 cm³/mol. The van der Waals surface area contributed by atoms with Gasteiger partial charge in [0.1, 0.15) is 18.0 Å². The highest BCUT2D eigenvalue weighted by Crippen LogP contribution is 2.24. The standard InChI is InChI=1S/C22H24F3N3O4/c1-12(2)19(27-21(30)15-4-5-16(24)18(25)20(15)29)22(31)28-9-7-14(8-10-28)32-17-6-3-13(23)11-26-17/h3-6,11-12,14,19,29H,7-10H2,1-2H3,(H,27,30)/t19-/m0/s1. The Morgan fingerprint density at radius 2 is 1.84 bits per heavy atom. The van der Waals surface area contributed by atoms with Gasteiger partial charge in [0.05, 0.1) is 11.8 Å². The van der Waals surface area contributed by atoms with E-state index in [1.54, 1.807) is 18.7 Å². The van der Waals surface area contributed by atoms with Gasteiger partial charge in [-0.15, -0.1) is 0 Å². The van der Waals surface area contributed by atoms with Crippen molar-refractivity contribution >= 4 is 11.8 Å². The van der Waals surface area contributed by atoms with E-state index in [2.05, 4.69) is 10.3 Å². The van der Waals surface area contributed by atoms with Crippen LogP contribution < -0.4 is 10.1 Å². The summed E-state index contributed by atoms with van der Waals surface area (Å²) < 4.78 is 45.5. The number of aromatic hydroxyl groups is 1. The number of ether oxygens (including phenoxy) is 1. The van der Waals surface area contributed by atoms with Gasteiger partial charge in [-0.25, -0.2) is 13.8 Å². The number of phenolic OH excluding ortho intramolecular Hbond substituents is 1. The molecule has 1 atom stereocenters. The molecule has 0 unspecified atom stereocenters. The van der Waals surface area contributed by atoms with Gasteiger partial charge in [0.2, 0.25) is 17.6 Å².